The third kappa shape index (κ3) is 1.91. The van der Waals surface area contributed by atoms with Gasteiger partial charge in [0.15, 0.2) is 0 Å². The van der Waals surface area contributed by atoms with Gasteiger partial charge in [-0.1, -0.05) is 30.7 Å². The van der Waals surface area contributed by atoms with Gasteiger partial charge in [0.1, 0.15) is 11.6 Å². The van der Waals surface area contributed by atoms with Crippen LogP contribution in [0, 0.1) is 11.7 Å². The maximum Gasteiger partial charge on any atom is 0.149 e. The summed E-state index contributed by atoms with van der Waals surface area (Å²) in [4.78, 5) is 0. The lowest BCUT2D eigenvalue weighted by Crippen LogP contribution is -1.98. The molecule has 0 spiro atoms. The van der Waals surface area contributed by atoms with Crippen LogP contribution in [0.4, 0.5) is 10.2 Å². The van der Waals surface area contributed by atoms with Crippen molar-refractivity contribution in [3.05, 3.63) is 34.7 Å². The molecule has 2 aromatic rings. The Balaban J connectivity index is 2.21. The van der Waals surface area contributed by atoms with Crippen LogP contribution >= 0.6 is 11.6 Å². The molecule has 1 aliphatic carbocycles. The number of aromatic nitrogens is 2. The largest absolute Gasteiger partial charge is 0.383 e. The molecular weight excluding hydrogens is 265 g/mol. The molecule has 1 aliphatic rings. The molecule has 3 nitrogen and oxygen atoms in total. The molecule has 100 valence electrons. The third-order valence-corrected chi connectivity index (χ3v) is 4.09. The second-order valence-electron chi connectivity index (χ2n) is 5.19. The van der Waals surface area contributed by atoms with E-state index >= 15 is 0 Å². The molecule has 1 saturated carbocycles. The number of benzene rings is 1. The normalized spacial score (nSPS) is 21.7. The molecule has 0 saturated heterocycles. The van der Waals surface area contributed by atoms with Gasteiger partial charge >= 0.3 is 0 Å². The van der Waals surface area contributed by atoms with Gasteiger partial charge < -0.3 is 5.73 Å². The Morgan fingerprint density at radius 3 is 2.79 bits per heavy atom. The lowest BCUT2D eigenvalue weighted by molar-refractivity contribution is 0.631. The highest BCUT2D eigenvalue weighted by Gasteiger charge is 2.39. The molecule has 2 N–H and O–H groups in total. The SMILES string of the molecule is CC1CC1c1nn(C)c(N)c1-c1cccc(Cl)c1F. The third-order valence-electron chi connectivity index (χ3n) is 3.80. The van der Waals surface area contributed by atoms with Gasteiger partial charge in [-0.25, -0.2) is 4.39 Å². The highest BCUT2D eigenvalue weighted by Crippen LogP contribution is 2.50. The van der Waals surface area contributed by atoms with Gasteiger partial charge in [-0.15, -0.1) is 0 Å². The van der Waals surface area contributed by atoms with Gasteiger partial charge in [0, 0.05) is 18.5 Å². The summed E-state index contributed by atoms with van der Waals surface area (Å²) in [5, 5.41) is 4.56. The summed E-state index contributed by atoms with van der Waals surface area (Å²) in [7, 11) is 1.78. The van der Waals surface area contributed by atoms with Crippen LogP contribution in [-0.4, -0.2) is 9.78 Å². The summed E-state index contributed by atoms with van der Waals surface area (Å²) in [6.07, 6.45) is 1.08. The number of aryl methyl sites for hydroxylation is 1. The van der Waals surface area contributed by atoms with Crippen molar-refractivity contribution < 1.29 is 4.39 Å². The molecule has 0 amide bonds. The van der Waals surface area contributed by atoms with Crippen LogP contribution in [0.3, 0.4) is 0 Å². The summed E-state index contributed by atoms with van der Waals surface area (Å²) in [6.45, 7) is 2.16. The van der Waals surface area contributed by atoms with E-state index in [1.807, 2.05) is 0 Å². The average molecular weight is 280 g/mol. The molecule has 2 unspecified atom stereocenters. The van der Waals surface area contributed by atoms with Crippen molar-refractivity contribution in [2.75, 3.05) is 5.73 Å². The van der Waals surface area contributed by atoms with Crippen molar-refractivity contribution in [1.82, 2.24) is 9.78 Å². The number of rotatable bonds is 2. The van der Waals surface area contributed by atoms with Crippen LogP contribution in [0.5, 0.6) is 0 Å². The fourth-order valence-electron chi connectivity index (χ4n) is 2.49. The molecule has 0 radical (unpaired) electrons. The number of halogens is 2. The smallest absolute Gasteiger partial charge is 0.149 e. The van der Waals surface area contributed by atoms with Gasteiger partial charge in [-0.2, -0.15) is 5.10 Å². The Hall–Kier alpha value is -1.55. The maximum absolute atomic E-state index is 14.2. The standard InChI is InChI=1S/C14H15ClFN3/c1-7-6-9(7)13-11(14(17)19(2)18-13)8-4-3-5-10(15)12(8)16/h3-5,7,9H,6,17H2,1-2H3. The van der Waals surface area contributed by atoms with E-state index in [-0.39, 0.29) is 5.02 Å². The number of nitrogens with zero attached hydrogens (tertiary/aromatic N) is 2. The van der Waals surface area contributed by atoms with Crippen LogP contribution in [0.2, 0.25) is 5.02 Å². The zero-order valence-corrected chi connectivity index (χ0v) is 11.6. The topological polar surface area (TPSA) is 43.8 Å². The fourth-order valence-corrected chi connectivity index (χ4v) is 2.67. The van der Waals surface area contributed by atoms with E-state index in [2.05, 4.69) is 12.0 Å². The molecule has 1 aromatic carbocycles. The first-order valence-electron chi connectivity index (χ1n) is 6.27. The molecule has 1 fully saturated rings. The Labute approximate surface area is 116 Å². The Morgan fingerprint density at radius 1 is 1.47 bits per heavy atom. The Kier molecular flexibility index (Phi) is 2.78. The molecule has 1 heterocycles. The van der Waals surface area contributed by atoms with Crippen LogP contribution in [0.1, 0.15) is 25.0 Å². The number of anilines is 1. The van der Waals surface area contributed by atoms with Crippen molar-refractivity contribution in [3.63, 3.8) is 0 Å². The van der Waals surface area contributed by atoms with E-state index in [0.717, 1.165) is 12.1 Å². The van der Waals surface area contributed by atoms with Gasteiger partial charge in [-0.05, 0) is 18.4 Å². The molecule has 19 heavy (non-hydrogen) atoms. The summed E-state index contributed by atoms with van der Waals surface area (Å²) >= 11 is 5.86. The van der Waals surface area contributed by atoms with E-state index in [4.69, 9.17) is 17.3 Å². The lowest BCUT2D eigenvalue weighted by atomic mass is 10.0. The maximum atomic E-state index is 14.2. The van der Waals surface area contributed by atoms with E-state index in [0.29, 0.717) is 28.8 Å². The number of nitrogen functional groups attached to an aromatic ring is 1. The number of nitrogens with two attached hydrogens (primary N) is 1. The van der Waals surface area contributed by atoms with Crippen molar-refractivity contribution in [1.29, 1.82) is 0 Å². The quantitative estimate of drug-likeness (QED) is 0.913. The predicted molar refractivity (Wildman–Crippen MR) is 74.5 cm³/mol. The molecule has 5 heteroatoms. The molecular formula is C14H15ClFN3. The second kappa shape index (κ2) is 4.23. The lowest BCUT2D eigenvalue weighted by Gasteiger charge is -2.06. The van der Waals surface area contributed by atoms with Gasteiger partial charge in [0.2, 0.25) is 0 Å². The fraction of sp³-hybridized carbons (Fsp3) is 0.357. The molecule has 1 aromatic heterocycles. The van der Waals surface area contributed by atoms with E-state index in [1.165, 1.54) is 6.07 Å². The number of hydrogen-bond donors (Lipinski definition) is 1. The van der Waals surface area contributed by atoms with E-state index in [1.54, 1.807) is 23.9 Å². The Morgan fingerprint density at radius 2 is 2.16 bits per heavy atom. The zero-order valence-electron chi connectivity index (χ0n) is 10.8. The average Bonchev–Trinajstić information content (AvgIpc) is 3.02. The number of hydrogen-bond acceptors (Lipinski definition) is 2. The summed E-state index contributed by atoms with van der Waals surface area (Å²) in [5.74, 6) is 1.00. The zero-order chi connectivity index (χ0) is 13.7. The minimum atomic E-state index is -0.432. The highest BCUT2D eigenvalue weighted by atomic mass is 35.5. The molecule has 0 aliphatic heterocycles. The minimum Gasteiger partial charge on any atom is -0.383 e. The summed E-state index contributed by atoms with van der Waals surface area (Å²) in [5.41, 5.74) is 8.07. The van der Waals surface area contributed by atoms with Gasteiger partial charge in [0.05, 0.1) is 16.3 Å². The summed E-state index contributed by atoms with van der Waals surface area (Å²) in [6, 6.07) is 4.96. The van der Waals surface area contributed by atoms with E-state index in [9.17, 15) is 4.39 Å². The first-order chi connectivity index (χ1) is 9.00. The van der Waals surface area contributed by atoms with Crippen LogP contribution in [0.15, 0.2) is 18.2 Å². The van der Waals surface area contributed by atoms with E-state index < -0.39 is 5.82 Å². The van der Waals surface area contributed by atoms with Crippen LogP contribution < -0.4 is 5.73 Å². The van der Waals surface area contributed by atoms with Crippen molar-refractivity contribution in [2.24, 2.45) is 13.0 Å². The second-order valence-corrected chi connectivity index (χ2v) is 5.60. The first-order valence-corrected chi connectivity index (χ1v) is 6.65. The van der Waals surface area contributed by atoms with Gasteiger partial charge in [-0.3, -0.25) is 4.68 Å². The highest BCUT2D eigenvalue weighted by molar-refractivity contribution is 6.31. The van der Waals surface area contributed by atoms with Gasteiger partial charge in [0.25, 0.3) is 0 Å². The molecule has 0 bridgehead atoms. The summed E-state index contributed by atoms with van der Waals surface area (Å²) < 4.78 is 15.8. The molecule has 2 atom stereocenters. The molecule has 3 rings (SSSR count). The van der Waals surface area contributed by atoms with Crippen molar-refractivity contribution in [3.8, 4) is 11.1 Å². The van der Waals surface area contributed by atoms with Crippen molar-refractivity contribution >= 4 is 17.4 Å². The van der Waals surface area contributed by atoms with Crippen LogP contribution in [0.25, 0.3) is 11.1 Å². The first kappa shape index (κ1) is 12.5. The Bertz CT molecular complexity index is 650. The van der Waals surface area contributed by atoms with Crippen LogP contribution in [-0.2, 0) is 7.05 Å². The van der Waals surface area contributed by atoms with Crippen molar-refractivity contribution in [2.45, 2.75) is 19.3 Å². The minimum absolute atomic E-state index is 0.107. The monoisotopic (exact) mass is 279 g/mol. The predicted octanol–water partition coefficient (Wildman–Crippen LogP) is 3.59.